The second-order valence-corrected chi connectivity index (χ2v) is 9.44. The maximum absolute atomic E-state index is 11.3. The van der Waals surface area contributed by atoms with Crippen LogP contribution in [0.15, 0.2) is 0 Å². The summed E-state index contributed by atoms with van der Waals surface area (Å²) in [6.45, 7) is 2.62. The smallest absolute Gasteiger partial charge is 0.326 e. The molecule has 0 atom stereocenters. The standard InChI is InChI=1S/C21H43O5P/c1-2-3-4-5-6-7-8-9-10-11-12-13-14-15-16-17-19-26-21(22)18-20-27(23,24)25/h2-20H2,1H3,(H2,23,24,25). The van der Waals surface area contributed by atoms with Gasteiger partial charge in [0, 0.05) is 0 Å². The van der Waals surface area contributed by atoms with Crippen molar-refractivity contribution in [2.75, 3.05) is 12.8 Å². The van der Waals surface area contributed by atoms with E-state index < -0.39 is 19.7 Å². The third-order valence-corrected chi connectivity index (χ3v) is 5.67. The Kier molecular flexibility index (Phi) is 18.7. The highest BCUT2D eigenvalue weighted by atomic mass is 31.2. The topological polar surface area (TPSA) is 83.8 Å². The predicted octanol–water partition coefficient (Wildman–Crippen LogP) is 6.36. The van der Waals surface area contributed by atoms with Gasteiger partial charge in [0.2, 0.25) is 0 Å². The number of unbranched alkanes of at least 4 members (excludes halogenated alkanes) is 15. The van der Waals surface area contributed by atoms with Crippen LogP contribution >= 0.6 is 7.60 Å². The molecule has 162 valence electrons. The van der Waals surface area contributed by atoms with E-state index in [1.54, 1.807) is 0 Å². The molecule has 0 amide bonds. The van der Waals surface area contributed by atoms with Crippen LogP contribution in [0.3, 0.4) is 0 Å². The van der Waals surface area contributed by atoms with E-state index in [2.05, 4.69) is 6.92 Å². The fourth-order valence-corrected chi connectivity index (χ4v) is 3.62. The second kappa shape index (κ2) is 19.0. The summed E-state index contributed by atoms with van der Waals surface area (Å²) in [4.78, 5) is 28.7. The van der Waals surface area contributed by atoms with Gasteiger partial charge in [0.15, 0.2) is 0 Å². The molecule has 0 aromatic heterocycles. The first kappa shape index (κ1) is 26.6. The summed E-state index contributed by atoms with van der Waals surface area (Å²) in [6.07, 6.45) is 20.2. The van der Waals surface area contributed by atoms with Crippen molar-refractivity contribution in [1.82, 2.24) is 0 Å². The lowest BCUT2D eigenvalue weighted by molar-refractivity contribution is -0.143. The first-order chi connectivity index (χ1) is 13.0. The van der Waals surface area contributed by atoms with Crippen molar-refractivity contribution in [1.29, 1.82) is 0 Å². The van der Waals surface area contributed by atoms with Crippen LogP contribution in [0.1, 0.15) is 116 Å². The van der Waals surface area contributed by atoms with Gasteiger partial charge in [-0.2, -0.15) is 0 Å². The van der Waals surface area contributed by atoms with Crippen molar-refractivity contribution in [2.24, 2.45) is 0 Å². The van der Waals surface area contributed by atoms with Crippen molar-refractivity contribution >= 4 is 13.6 Å². The molecular weight excluding hydrogens is 363 g/mol. The molecule has 0 aliphatic heterocycles. The normalized spacial score (nSPS) is 11.7. The van der Waals surface area contributed by atoms with E-state index in [1.165, 1.54) is 83.5 Å². The van der Waals surface area contributed by atoms with Gasteiger partial charge in [0.25, 0.3) is 0 Å². The molecule has 0 fully saturated rings. The van der Waals surface area contributed by atoms with Gasteiger partial charge in [-0.05, 0) is 6.42 Å². The van der Waals surface area contributed by atoms with Crippen LogP contribution in [0.5, 0.6) is 0 Å². The van der Waals surface area contributed by atoms with E-state index >= 15 is 0 Å². The van der Waals surface area contributed by atoms with E-state index in [0.29, 0.717) is 6.61 Å². The van der Waals surface area contributed by atoms with Gasteiger partial charge in [0.05, 0.1) is 19.2 Å². The zero-order chi connectivity index (χ0) is 20.2. The molecule has 6 heteroatoms. The quantitative estimate of drug-likeness (QED) is 0.140. The molecule has 0 aromatic carbocycles. The highest BCUT2D eigenvalue weighted by Crippen LogP contribution is 2.34. The molecule has 0 heterocycles. The minimum absolute atomic E-state index is 0.205. The Morgan fingerprint density at radius 3 is 1.44 bits per heavy atom. The first-order valence-electron chi connectivity index (χ1n) is 11.2. The molecule has 0 spiro atoms. The van der Waals surface area contributed by atoms with E-state index in [-0.39, 0.29) is 6.42 Å². The minimum Gasteiger partial charge on any atom is -0.466 e. The van der Waals surface area contributed by atoms with Gasteiger partial charge >= 0.3 is 13.6 Å². The fraction of sp³-hybridized carbons (Fsp3) is 0.952. The molecule has 5 nitrogen and oxygen atoms in total. The number of ether oxygens (including phenoxy) is 1. The first-order valence-corrected chi connectivity index (χ1v) is 13.0. The lowest BCUT2D eigenvalue weighted by atomic mass is 10.0. The van der Waals surface area contributed by atoms with Crippen molar-refractivity contribution in [3.8, 4) is 0 Å². The van der Waals surface area contributed by atoms with Crippen molar-refractivity contribution in [3.63, 3.8) is 0 Å². The summed E-state index contributed by atoms with van der Waals surface area (Å²) in [5.74, 6) is -0.515. The van der Waals surface area contributed by atoms with Gasteiger partial charge in [-0.15, -0.1) is 0 Å². The Morgan fingerprint density at radius 1 is 0.704 bits per heavy atom. The number of carbonyl (C=O) groups is 1. The molecular formula is C21H43O5P. The Bertz CT molecular complexity index is 381. The van der Waals surface area contributed by atoms with E-state index in [0.717, 1.165) is 19.3 Å². The summed E-state index contributed by atoms with van der Waals surface area (Å²) in [7, 11) is -4.10. The Labute approximate surface area is 166 Å². The Hall–Kier alpha value is -0.380. The molecule has 0 saturated heterocycles. The summed E-state index contributed by atoms with van der Waals surface area (Å²) in [5.41, 5.74) is 0. The molecule has 27 heavy (non-hydrogen) atoms. The van der Waals surface area contributed by atoms with Crippen molar-refractivity contribution < 1.29 is 23.9 Å². The van der Waals surface area contributed by atoms with Crippen LogP contribution in [0, 0.1) is 0 Å². The summed E-state index contributed by atoms with van der Waals surface area (Å²) in [6, 6.07) is 0. The zero-order valence-corrected chi connectivity index (χ0v) is 18.4. The van der Waals surface area contributed by atoms with Gasteiger partial charge < -0.3 is 14.5 Å². The Morgan fingerprint density at radius 2 is 1.07 bits per heavy atom. The number of carbonyl (C=O) groups excluding carboxylic acids is 1. The summed E-state index contributed by atoms with van der Waals surface area (Å²) >= 11 is 0. The molecule has 0 rings (SSSR count). The van der Waals surface area contributed by atoms with Gasteiger partial charge in [-0.3, -0.25) is 9.36 Å². The summed E-state index contributed by atoms with van der Waals surface area (Å²) < 4.78 is 15.6. The van der Waals surface area contributed by atoms with Crippen LogP contribution in [0.25, 0.3) is 0 Å². The molecule has 0 unspecified atom stereocenters. The van der Waals surface area contributed by atoms with Gasteiger partial charge in [-0.1, -0.05) is 103 Å². The molecule has 0 aliphatic carbocycles. The highest BCUT2D eigenvalue weighted by molar-refractivity contribution is 7.51. The summed E-state index contributed by atoms with van der Waals surface area (Å²) in [5, 5.41) is 0. The monoisotopic (exact) mass is 406 g/mol. The van der Waals surface area contributed by atoms with Gasteiger partial charge in [-0.25, -0.2) is 0 Å². The minimum atomic E-state index is -4.10. The molecule has 0 radical (unpaired) electrons. The number of hydrogen-bond acceptors (Lipinski definition) is 3. The third kappa shape index (κ3) is 23.6. The van der Waals surface area contributed by atoms with E-state index in [9.17, 15) is 9.36 Å². The van der Waals surface area contributed by atoms with Crippen molar-refractivity contribution in [2.45, 2.75) is 116 Å². The molecule has 0 aromatic rings. The largest absolute Gasteiger partial charge is 0.466 e. The molecule has 0 bridgehead atoms. The third-order valence-electron chi connectivity index (χ3n) is 4.87. The molecule has 0 saturated carbocycles. The maximum Gasteiger partial charge on any atom is 0.326 e. The van der Waals surface area contributed by atoms with Crippen LogP contribution in [0.4, 0.5) is 0 Å². The lowest BCUT2D eigenvalue weighted by Crippen LogP contribution is -2.08. The highest BCUT2D eigenvalue weighted by Gasteiger charge is 2.15. The van der Waals surface area contributed by atoms with Crippen LogP contribution in [-0.2, 0) is 14.1 Å². The molecule has 2 N–H and O–H groups in total. The van der Waals surface area contributed by atoms with Gasteiger partial charge in [0.1, 0.15) is 0 Å². The fourth-order valence-electron chi connectivity index (χ4n) is 3.15. The van der Waals surface area contributed by atoms with E-state index in [1.807, 2.05) is 0 Å². The average molecular weight is 407 g/mol. The van der Waals surface area contributed by atoms with Crippen LogP contribution in [0.2, 0.25) is 0 Å². The number of esters is 1. The predicted molar refractivity (Wildman–Crippen MR) is 112 cm³/mol. The Balaban J connectivity index is 3.15. The van der Waals surface area contributed by atoms with Crippen LogP contribution in [-0.4, -0.2) is 28.5 Å². The lowest BCUT2D eigenvalue weighted by Gasteiger charge is -2.06. The maximum atomic E-state index is 11.3. The average Bonchev–Trinajstić information content (AvgIpc) is 2.62. The SMILES string of the molecule is CCCCCCCCCCCCCCCCCCOC(=O)CCP(=O)(O)O. The number of hydrogen-bond donors (Lipinski definition) is 2. The number of rotatable bonds is 20. The van der Waals surface area contributed by atoms with E-state index in [4.69, 9.17) is 14.5 Å². The molecule has 0 aliphatic rings. The van der Waals surface area contributed by atoms with Crippen LogP contribution < -0.4 is 0 Å². The van der Waals surface area contributed by atoms with Crippen molar-refractivity contribution in [3.05, 3.63) is 0 Å². The zero-order valence-electron chi connectivity index (χ0n) is 17.5. The second-order valence-electron chi connectivity index (χ2n) is 7.66.